The van der Waals surface area contributed by atoms with Crippen LogP contribution in [0.15, 0.2) is 77.9 Å². The Morgan fingerprint density at radius 1 is 0.935 bits per heavy atom. The van der Waals surface area contributed by atoms with Gasteiger partial charge < -0.3 is 14.2 Å². The molecule has 0 saturated carbocycles. The number of nitrogens with zero attached hydrogens (tertiary/aromatic N) is 1. The van der Waals surface area contributed by atoms with Crippen LogP contribution in [0.5, 0.6) is 17.2 Å². The number of esters is 1. The molecule has 31 heavy (non-hydrogen) atoms. The SMILES string of the molecule is COc1ccccc1OCC(=O)N/N=C/c1ccc(OC(=O)c2ccc(C)cc2)cc1. The highest BCUT2D eigenvalue weighted by Crippen LogP contribution is 2.25. The van der Waals surface area contributed by atoms with Gasteiger partial charge in [0.1, 0.15) is 5.75 Å². The Bertz CT molecular complexity index is 1060. The van der Waals surface area contributed by atoms with E-state index in [2.05, 4.69) is 10.5 Å². The van der Waals surface area contributed by atoms with Crippen molar-refractivity contribution in [2.24, 2.45) is 5.10 Å². The Balaban J connectivity index is 1.47. The summed E-state index contributed by atoms with van der Waals surface area (Å²) in [4.78, 5) is 24.0. The highest BCUT2D eigenvalue weighted by atomic mass is 16.5. The number of para-hydroxylation sites is 2. The molecule has 3 aromatic carbocycles. The predicted molar refractivity (Wildman–Crippen MR) is 117 cm³/mol. The van der Waals surface area contributed by atoms with Gasteiger partial charge >= 0.3 is 5.97 Å². The predicted octanol–water partition coefficient (Wildman–Crippen LogP) is 3.75. The van der Waals surface area contributed by atoms with E-state index in [9.17, 15) is 9.59 Å². The van der Waals surface area contributed by atoms with Gasteiger partial charge in [-0.1, -0.05) is 29.8 Å². The molecule has 0 spiro atoms. The maximum absolute atomic E-state index is 12.1. The first-order valence-corrected chi connectivity index (χ1v) is 9.52. The minimum absolute atomic E-state index is 0.203. The van der Waals surface area contributed by atoms with E-state index < -0.39 is 11.9 Å². The number of hydrazone groups is 1. The molecule has 0 atom stereocenters. The molecule has 0 saturated heterocycles. The largest absolute Gasteiger partial charge is 0.493 e. The number of hydrogen-bond donors (Lipinski definition) is 1. The first-order chi connectivity index (χ1) is 15.0. The standard InChI is InChI=1S/C24H22N2O5/c1-17-7-11-19(12-8-17)24(28)31-20-13-9-18(10-14-20)15-25-26-23(27)16-30-22-6-4-3-5-21(22)29-2/h3-15H,16H2,1-2H3,(H,26,27)/b25-15+. The van der Waals surface area contributed by atoms with Crippen LogP contribution >= 0.6 is 0 Å². The Morgan fingerprint density at radius 3 is 2.29 bits per heavy atom. The van der Waals surface area contributed by atoms with Crippen molar-refractivity contribution < 1.29 is 23.8 Å². The van der Waals surface area contributed by atoms with Crippen molar-refractivity contribution in [3.05, 3.63) is 89.5 Å². The second-order valence-corrected chi connectivity index (χ2v) is 6.56. The van der Waals surface area contributed by atoms with E-state index in [1.807, 2.05) is 25.1 Å². The number of aryl methyl sites for hydroxylation is 1. The van der Waals surface area contributed by atoms with Crippen molar-refractivity contribution in [3.63, 3.8) is 0 Å². The van der Waals surface area contributed by atoms with Gasteiger partial charge in [0.15, 0.2) is 18.1 Å². The molecule has 0 heterocycles. The van der Waals surface area contributed by atoms with Crippen LogP contribution in [0.1, 0.15) is 21.5 Å². The molecule has 0 aromatic heterocycles. The Labute approximate surface area is 180 Å². The lowest BCUT2D eigenvalue weighted by Crippen LogP contribution is -2.24. The molecule has 0 fully saturated rings. The highest BCUT2D eigenvalue weighted by Gasteiger charge is 2.08. The summed E-state index contributed by atoms with van der Waals surface area (Å²) in [6.07, 6.45) is 1.48. The maximum atomic E-state index is 12.1. The maximum Gasteiger partial charge on any atom is 0.343 e. The van der Waals surface area contributed by atoms with E-state index in [0.717, 1.165) is 11.1 Å². The van der Waals surface area contributed by atoms with Crippen molar-refractivity contribution in [2.75, 3.05) is 13.7 Å². The molecule has 3 aromatic rings. The smallest absolute Gasteiger partial charge is 0.343 e. The topological polar surface area (TPSA) is 86.2 Å². The second-order valence-electron chi connectivity index (χ2n) is 6.56. The third-order valence-corrected chi connectivity index (χ3v) is 4.21. The minimum atomic E-state index is -0.427. The van der Waals surface area contributed by atoms with Crippen LogP contribution in [0.25, 0.3) is 0 Å². The lowest BCUT2D eigenvalue weighted by molar-refractivity contribution is -0.123. The molecule has 0 unspecified atom stereocenters. The number of rotatable bonds is 8. The average molecular weight is 418 g/mol. The summed E-state index contributed by atoms with van der Waals surface area (Å²) < 4.78 is 15.9. The van der Waals surface area contributed by atoms with Crippen molar-refractivity contribution in [2.45, 2.75) is 6.92 Å². The number of carbonyl (C=O) groups is 2. The molecular formula is C24H22N2O5. The van der Waals surface area contributed by atoms with Crippen LogP contribution < -0.4 is 19.6 Å². The molecule has 158 valence electrons. The van der Waals surface area contributed by atoms with Crippen molar-refractivity contribution in [3.8, 4) is 17.2 Å². The van der Waals surface area contributed by atoms with Crippen LogP contribution in [0.4, 0.5) is 0 Å². The summed E-state index contributed by atoms with van der Waals surface area (Å²) in [5.41, 5.74) is 4.66. The van der Waals surface area contributed by atoms with Gasteiger partial charge in [0, 0.05) is 0 Å². The number of ether oxygens (including phenoxy) is 3. The van der Waals surface area contributed by atoms with E-state index in [-0.39, 0.29) is 6.61 Å². The quantitative estimate of drug-likeness (QED) is 0.261. The summed E-state index contributed by atoms with van der Waals surface area (Å²) in [7, 11) is 1.53. The number of carbonyl (C=O) groups excluding carboxylic acids is 2. The lowest BCUT2D eigenvalue weighted by Gasteiger charge is -2.09. The monoisotopic (exact) mass is 418 g/mol. The number of hydrogen-bond acceptors (Lipinski definition) is 6. The van der Waals surface area contributed by atoms with E-state index in [1.54, 1.807) is 54.6 Å². The van der Waals surface area contributed by atoms with Crippen LogP contribution in [-0.2, 0) is 4.79 Å². The normalized spacial score (nSPS) is 10.5. The molecule has 0 bridgehead atoms. The zero-order chi connectivity index (χ0) is 22.1. The van der Waals surface area contributed by atoms with Gasteiger partial charge in [0.2, 0.25) is 0 Å². The van der Waals surface area contributed by atoms with Crippen molar-refractivity contribution in [1.29, 1.82) is 0 Å². The fourth-order valence-electron chi connectivity index (χ4n) is 2.57. The number of nitrogens with one attached hydrogen (secondary N) is 1. The van der Waals surface area contributed by atoms with Gasteiger partial charge in [-0.05, 0) is 61.0 Å². The summed E-state index contributed by atoms with van der Waals surface area (Å²) in [5.74, 6) is 0.591. The first kappa shape index (κ1) is 21.6. The van der Waals surface area contributed by atoms with Gasteiger partial charge in [0.25, 0.3) is 5.91 Å². The van der Waals surface area contributed by atoms with Gasteiger partial charge in [-0.2, -0.15) is 5.10 Å². The van der Waals surface area contributed by atoms with Gasteiger partial charge in [0.05, 0.1) is 18.9 Å². The first-order valence-electron chi connectivity index (χ1n) is 9.52. The van der Waals surface area contributed by atoms with E-state index in [0.29, 0.717) is 22.8 Å². The summed E-state index contributed by atoms with van der Waals surface area (Å²) >= 11 is 0. The molecule has 7 nitrogen and oxygen atoms in total. The van der Waals surface area contributed by atoms with Crippen LogP contribution in [0, 0.1) is 6.92 Å². The fourth-order valence-corrected chi connectivity index (χ4v) is 2.57. The number of methoxy groups -OCH3 is 1. The van der Waals surface area contributed by atoms with E-state index in [4.69, 9.17) is 14.2 Å². The Hall–Kier alpha value is -4.13. The number of benzene rings is 3. The average Bonchev–Trinajstić information content (AvgIpc) is 2.79. The van der Waals surface area contributed by atoms with E-state index >= 15 is 0 Å². The van der Waals surface area contributed by atoms with Crippen molar-refractivity contribution in [1.82, 2.24) is 5.43 Å². The molecule has 1 N–H and O–H groups in total. The van der Waals surface area contributed by atoms with Gasteiger partial charge in [-0.25, -0.2) is 10.2 Å². The van der Waals surface area contributed by atoms with Gasteiger partial charge in [-0.15, -0.1) is 0 Å². The zero-order valence-electron chi connectivity index (χ0n) is 17.2. The summed E-state index contributed by atoms with van der Waals surface area (Å²) in [5, 5.41) is 3.90. The fraction of sp³-hybridized carbons (Fsp3) is 0.125. The molecular weight excluding hydrogens is 396 g/mol. The third kappa shape index (κ3) is 6.43. The molecule has 1 amide bonds. The zero-order valence-corrected chi connectivity index (χ0v) is 17.2. The molecule has 3 rings (SSSR count). The summed E-state index contributed by atoms with van der Waals surface area (Å²) in [6.45, 7) is 1.75. The molecule has 7 heteroatoms. The lowest BCUT2D eigenvalue weighted by atomic mass is 10.1. The third-order valence-electron chi connectivity index (χ3n) is 4.21. The van der Waals surface area contributed by atoms with Crippen molar-refractivity contribution >= 4 is 18.1 Å². The van der Waals surface area contributed by atoms with Crippen LogP contribution in [-0.4, -0.2) is 31.8 Å². The van der Waals surface area contributed by atoms with Gasteiger partial charge in [-0.3, -0.25) is 4.79 Å². The Morgan fingerprint density at radius 2 is 1.61 bits per heavy atom. The highest BCUT2D eigenvalue weighted by molar-refractivity contribution is 5.91. The molecule has 0 radical (unpaired) electrons. The minimum Gasteiger partial charge on any atom is -0.493 e. The van der Waals surface area contributed by atoms with Crippen LogP contribution in [0.2, 0.25) is 0 Å². The molecule has 0 aliphatic heterocycles. The molecule has 0 aliphatic rings. The molecule has 0 aliphatic carbocycles. The second kappa shape index (κ2) is 10.6. The summed E-state index contributed by atoms with van der Waals surface area (Å²) in [6, 6.07) is 20.9. The number of amides is 1. The van der Waals surface area contributed by atoms with Crippen LogP contribution in [0.3, 0.4) is 0 Å². The Kier molecular flexibility index (Phi) is 7.37. The van der Waals surface area contributed by atoms with E-state index in [1.165, 1.54) is 13.3 Å².